The smallest absolute Gasteiger partial charge is 0.306 e. The van der Waals surface area contributed by atoms with Crippen LogP contribution in [0.3, 0.4) is 0 Å². The molecule has 0 bridgehead atoms. The van der Waals surface area contributed by atoms with Crippen molar-refractivity contribution in [1.82, 2.24) is 4.98 Å². The number of nitrogens with one attached hydrogen (secondary N) is 2. The number of anilines is 2. The van der Waals surface area contributed by atoms with Crippen LogP contribution in [0.15, 0.2) is 72.8 Å². The van der Waals surface area contributed by atoms with Crippen molar-refractivity contribution in [3.05, 3.63) is 78.4 Å². The van der Waals surface area contributed by atoms with E-state index in [0.717, 1.165) is 38.7 Å². The summed E-state index contributed by atoms with van der Waals surface area (Å²) in [7, 11) is 0. The van der Waals surface area contributed by atoms with Crippen molar-refractivity contribution in [2.45, 2.75) is 26.4 Å². The third kappa shape index (κ3) is 6.17. The average Bonchev–Trinajstić information content (AvgIpc) is 2.90. The SMILES string of the molecule is CCOC(=O)CC(CCNc1cccc(CO)c1)C(=O)CNc1c2ccccc2nc2ccccc12. The van der Waals surface area contributed by atoms with E-state index in [2.05, 4.69) is 10.6 Å². The van der Waals surface area contributed by atoms with Crippen LogP contribution >= 0.6 is 0 Å². The van der Waals surface area contributed by atoms with Gasteiger partial charge < -0.3 is 20.5 Å². The van der Waals surface area contributed by atoms with Crippen LogP contribution in [0.1, 0.15) is 25.3 Å². The quantitative estimate of drug-likeness (QED) is 0.193. The van der Waals surface area contributed by atoms with Crippen LogP contribution in [0.4, 0.5) is 11.4 Å². The van der Waals surface area contributed by atoms with Gasteiger partial charge in [-0.2, -0.15) is 0 Å². The van der Waals surface area contributed by atoms with Gasteiger partial charge in [0.25, 0.3) is 0 Å². The van der Waals surface area contributed by atoms with Gasteiger partial charge in [-0.05, 0) is 43.2 Å². The minimum Gasteiger partial charge on any atom is -0.466 e. The molecule has 0 amide bonds. The van der Waals surface area contributed by atoms with E-state index in [1.807, 2.05) is 72.8 Å². The number of carbonyl (C=O) groups is 2. The third-order valence-corrected chi connectivity index (χ3v) is 6.13. The van der Waals surface area contributed by atoms with Gasteiger partial charge in [-0.15, -0.1) is 0 Å². The number of fused-ring (bicyclic) bond motifs is 2. The molecular formula is C29H31N3O4. The first-order chi connectivity index (χ1) is 17.6. The molecular weight excluding hydrogens is 454 g/mol. The Morgan fingerprint density at radius 3 is 2.31 bits per heavy atom. The molecule has 0 spiro atoms. The molecule has 3 N–H and O–H groups in total. The first-order valence-corrected chi connectivity index (χ1v) is 12.2. The Balaban J connectivity index is 1.49. The van der Waals surface area contributed by atoms with Gasteiger partial charge in [0.05, 0.1) is 42.9 Å². The van der Waals surface area contributed by atoms with Gasteiger partial charge in [0.15, 0.2) is 5.78 Å². The molecule has 36 heavy (non-hydrogen) atoms. The lowest BCUT2D eigenvalue weighted by atomic mass is 9.95. The highest BCUT2D eigenvalue weighted by Crippen LogP contribution is 2.30. The van der Waals surface area contributed by atoms with E-state index >= 15 is 0 Å². The lowest BCUT2D eigenvalue weighted by Gasteiger charge is -2.18. The first kappa shape index (κ1) is 25.1. The maximum atomic E-state index is 13.3. The predicted molar refractivity (Wildman–Crippen MR) is 143 cm³/mol. The van der Waals surface area contributed by atoms with E-state index in [1.54, 1.807) is 6.92 Å². The lowest BCUT2D eigenvalue weighted by Crippen LogP contribution is -2.28. The Bertz CT molecular complexity index is 1300. The molecule has 0 aliphatic heterocycles. The third-order valence-electron chi connectivity index (χ3n) is 6.13. The fraction of sp³-hybridized carbons (Fsp3) is 0.276. The van der Waals surface area contributed by atoms with Crippen LogP contribution in [0.2, 0.25) is 0 Å². The number of Topliss-reactive ketones (excluding diaryl/α,β-unsaturated/α-hetero) is 1. The molecule has 0 saturated carbocycles. The highest BCUT2D eigenvalue weighted by Gasteiger charge is 2.23. The van der Waals surface area contributed by atoms with E-state index in [0.29, 0.717) is 13.0 Å². The Kier molecular flexibility index (Phi) is 8.47. The molecule has 0 fully saturated rings. The lowest BCUT2D eigenvalue weighted by molar-refractivity contribution is -0.146. The second-order valence-electron chi connectivity index (χ2n) is 8.62. The van der Waals surface area contributed by atoms with Crippen LogP contribution in [0.25, 0.3) is 21.8 Å². The van der Waals surface area contributed by atoms with Crippen molar-refractivity contribution in [1.29, 1.82) is 0 Å². The van der Waals surface area contributed by atoms with Crippen molar-refractivity contribution in [2.24, 2.45) is 5.92 Å². The minimum atomic E-state index is -0.496. The molecule has 1 unspecified atom stereocenters. The topological polar surface area (TPSA) is 101 Å². The van der Waals surface area contributed by atoms with Crippen molar-refractivity contribution in [3.8, 4) is 0 Å². The maximum absolute atomic E-state index is 13.3. The average molecular weight is 486 g/mol. The molecule has 0 aliphatic carbocycles. The van der Waals surface area contributed by atoms with Gasteiger partial charge in [0.1, 0.15) is 0 Å². The second kappa shape index (κ2) is 12.1. The zero-order valence-electron chi connectivity index (χ0n) is 20.4. The molecule has 1 atom stereocenters. The summed E-state index contributed by atoms with van der Waals surface area (Å²) >= 11 is 0. The first-order valence-electron chi connectivity index (χ1n) is 12.2. The molecule has 3 aromatic carbocycles. The maximum Gasteiger partial charge on any atom is 0.306 e. The Hall–Kier alpha value is -3.97. The number of esters is 1. The largest absolute Gasteiger partial charge is 0.466 e. The molecule has 0 aliphatic rings. The van der Waals surface area contributed by atoms with Gasteiger partial charge in [0.2, 0.25) is 0 Å². The number of rotatable bonds is 12. The molecule has 1 aromatic heterocycles. The number of carbonyl (C=O) groups excluding carboxylic acids is 2. The summed E-state index contributed by atoms with van der Waals surface area (Å²) < 4.78 is 5.13. The summed E-state index contributed by atoms with van der Waals surface area (Å²) in [6, 6.07) is 23.1. The van der Waals surface area contributed by atoms with Crippen LogP contribution in [-0.4, -0.2) is 41.5 Å². The highest BCUT2D eigenvalue weighted by atomic mass is 16.5. The molecule has 4 rings (SSSR count). The van der Waals surface area contributed by atoms with Gasteiger partial charge in [-0.3, -0.25) is 9.59 Å². The second-order valence-corrected chi connectivity index (χ2v) is 8.62. The molecule has 0 saturated heterocycles. The van der Waals surface area contributed by atoms with Gasteiger partial charge >= 0.3 is 5.97 Å². The molecule has 4 aromatic rings. The van der Waals surface area contributed by atoms with Gasteiger partial charge in [0, 0.05) is 28.9 Å². The van der Waals surface area contributed by atoms with Crippen molar-refractivity contribution in [3.63, 3.8) is 0 Å². The number of aliphatic hydroxyl groups is 1. The number of benzene rings is 3. The van der Waals surface area contributed by atoms with E-state index in [4.69, 9.17) is 9.72 Å². The number of nitrogens with zero attached hydrogens (tertiary/aromatic N) is 1. The standard InChI is InChI=1S/C29H31N3O4/c1-2-36-28(35)17-21(14-15-30-22-9-7-8-20(16-22)19-33)27(34)18-31-29-23-10-3-5-12-25(23)32-26-13-6-4-11-24(26)29/h3-13,16,21,30,33H,2,14-15,17-19H2,1H3,(H,31,32). The van der Waals surface area contributed by atoms with Gasteiger partial charge in [-0.1, -0.05) is 48.5 Å². The number of para-hydroxylation sites is 2. The summed E-state index contributed by atoms with van der Waals surface area (Å²) in [6.45, 7) is 2.59. The summed E-state index contributed by atoms with van der Waals surface area (Å²) in [5, 5.41) is 17.9. The Labute approximate surface area is 210 Å². The number of ketones is 1. The summed E-state index contributed by atoms with van der Waals surface area (Å²) in [5.74, 6) is -0.929. The zero-order chi connectivity index (χ0) is 25.3. The number of ether oxygens (including phenoxy) is 1. The van der Waals surface area contributed by atoms with Crippen LogP contribution in [0.5, 0.6) is 0 Å². The normalized spacial score (nSPS) is 11.8. The van der Waals surface area contributed by atoms with Crippen LogP contribution in [-0.2, 0) is 20.9 Å². The van der Waals surface area contributed by atoms with E-state index in [9.17, 15) is 14.7 Å². The van der Waals surface area contributed by atoms with E-state index in [1.165, 1.54) is 0 Å². The number of pyridine rings is 1. The van der Waals surface area contributed by atoms with Crippen LogP contribution < -0.4 is 10.6 Å². The number of hydrogen-bond acceptors (Lipinski definition) is 7. The monoisotopic (exact) mass is 485 g/mol. The van der Waals surface area contributed by atoms with Crippen molar-refractivity contribution < 1.29 is 19.4 Å². The molecule has 7 nitrogen and oxygen atoms in total. The summed E-state index contributed by atoms with van der Waals surface area (Å²) in [5.41, 5.74) is 4.22. The highest BCUT2D eigenvalue weighted by molar-refractivity contribution is 6.08. The van der Waals surface area contributed by atoms with Gasteiger partial charge in [-0.25, -0.2) is 4.98 Å². The Morgan fingerprint density at radius 1 is 0.944 bits per heavy atom. The zero-order valence-corrected chi connectivity index (χ0v) is 20.4. The number of aromatic nitrogens is 1. The molecule has 7 heteroatoms. The van der Waals surface area contributed by atoms with Crippen LogP contribution in [0, 0.1) is 5.92 Å². The molecule has 0 radical (unpaired) electrons. The fourth-order valence-electron chi connectivity index (χ4n) is 4.32. The Morgan fingerprint density at radius 2 is 1.64 bits per heavy atom. The predicted octanol–water partition coefficient (Wildman–Crippen LogP) is 4.93. The summed E-state index contributed by atoms with van der Waals surface area (Å²) in [6.07, 6.45) is 0.505. The number of hydrogen-bond donors (Lipinski definition) is 3. The summed E-state index contributed by atoms with van der Waals surface area (Å²) in [4.78, 5) is 30.3. The molecule has 186 valence electrons. The molecule has 1 heterocycles. The minimum absolute atomic E-state index is 0.0323. The number of aliphatic hydroxyl groups excluding tert-OH is 1. The van der Waals surface area contributed by atoms with E-state index in [-0.39, 0.29) is 37.9 Å². The fourth-order valence-corrected chi connectivity index (χ4v) is 4.32. The van der Waals surface area contributed by atoms with Crippen molar-refractivity contribution >= 4 is 44.9 Å². The van der Waals surface area contributed by atoms with E-state index < -0.39 is 5.92 Å². The van der Waals surface area contributed by atoms with Crippen molar-refractivity contribution in [2.75, 3.05) is 30.3 Å².